The SMILES string of the molecule is Cc1c(NC(=O)[C@@H]2CC(=O)N(c3ccc4c(c3)OCCO4)C2)c(=O)n(-c2ccccc2)n1C. The molecule has 1 N–H and O–H groups in total. The zero-order chi connectivity index (χ0) is 23.1. The number of amides is 2. The number of para-hydroxylation sites is 1. The molecule has 0 aliphatic carbocycles. The van der Waals surface area contributed by atoms with E-state index in [4.69, 9.17) is 9.47 Å². The van der Waals surface area contributed by atoms with Crippen molar-refractivity contribution in [1.29, 1.82) is 0 Å². The fourth-order valence-electron chi connectivity index (χ4n) is 4.27. The number of aromatic nitrogens is 2. The van der Waals surface area contributed by atoms with E-state index < -0.39 is 5.92 Å². The van der Waals surface area contributed by atoms with E-state index in [0.29, 0.717) is 41.8 Å². The van der Waals surface area contributed by atoms with E-state index in [-0.39, 0.29) is 36.0 Å². The maximum atomic E-state index is 13.1. The summed E-state index contributed by atoms with van der Waals surface area (Å²) >= 11 is 0. The number of hydrogen-bond acceptors (Lipinski definition) is 5. The number of ether oxygens (including phenoxy) is 2. The average molecular weight is 448 g/mol. The van der Waals surface area contributed by atoms with Crippen LogP contribution in [0.5, 0.6) is 11.5 Å². The highest BCUT2D eigenvalue weighted by Gasteiger charge is 2.36. The van der Waals surface area contributed by atoms with Crippen LogP contribution >= 0.6 is 0 Å². The van der Waals surface area contributed by atoms with Crippen molar-refractivity contribution in [1.82, 2.24) is 9.36 Å². The summed E-state index contributed by atoms with van der Waals surface area (Å²) < 4.78 is 14.3. The molecule has 1 atom stereocenters. The molecule has 0 bridgehead atoms. The van der Waals surface area contributed by atoms with Gasteiger partial charge in [0.2, 0.25) is 11.8 Å². The quantitative estimate of drug-likeness (QED) is 0.661. The van der Waals surface area contributed by atoms with Crippen molar-refractivity contribution in [2.75, 3.05) is 30.0 Å². The van der Waals surface area contributed by atoms with Crippen LogP contribution < -0.4 is 25.2 Å². The number of rotatable bonds is 4. The number of fused-ring (bicyclic) bond motifs is 1. The van der Waals surface area contributed by atoms with Crippen LogP contribution in [0.15, 0.2) is 53.3 Å². The topological polar surface area (TPSA) is 94.8 Å². The number of carbonyl (C=O) groups excluding carboxylic acids is 2. The van der Waals surface area contributed by atoms with Gasteiger partial charge in [0.05, 0.1) is 17.3 Å². The summed E-state index contributed by atoms with van der Waals surface area (Å²) in [6, 6.07) is 14.5. The Morgan fingerprint density at radius 2 is 1.73 bits per heavy atom. The standard InChI is InChI=1S/C24H24N4O5/c1-15-22(24(31)28(26(15)2)17-6-4-3-5-7-17)25-23(30)16-12-21(29)27(14-16)18-8-9-19-20(13-18)33-11-10-32-19/h3-9,13,16H,10-12,14H2,1-2H3,(H,25,30)/t16-/m1/s1. The van der Waals surface area contributed by atoms with E-state index in [2.05, 4.69) is 5.32 Å². The Morgan fingerprint density at radius 3 is 2.48 bits per heavy atom. The second-order valence-electron chi connectivity index (χ2n) is 8.16. The van der Waals surface area contributed by atoms with Crippen LogP contribution in [0.3, 0.4) is 0 Å². The van der Waals surface area contributed by atoms with Crippen LogP contribution in [0.25, 0.3) is 5.69 Å². The first kappa shape index (κ1) is 20.9. The van der Waals surface area contributed by atoms with E-state index in [1.807, 2.05) is 30.3 Å². The van der Waals surface area contributed by atoms with Crippen molar-refractivity contribution in [3.8, 4) is 17.2 Å². The molecule has 9 heteroatoms. The zero-order valence-corrected chi connectivity index (χ0v) is 18.4. The van der Waals surface area contributed by atoms with Crippen LogP contribution in [0.4, 0.5) is 11.4 Å². The summed E-state index contributed by atoms with van der Waals surface area (Å²) in [6.07, 6.45) is 0.0685. The van der Waals surface area contributed by atoms with Crippen LogP contribution in [-0.2, 0) is 16.6 Å². The van der Waals surface area contributed by atoms with Gasteiger partial charge in [-0.3, -0.25) is 19.1 Å². The van der Waals surface area contributed by atoms with Gasteiger partial charge in [-0.1, -0.05) is 18.2 Å². The van der Waals surface area contributed by atoms with E-state index >= 15 is 0 Å². The molecule has 0 radical (unpaired) electrons. The molecule has 33 heavy (non-hydrogen) atoms. The number of hydrogen-bond donors (Lipinski definition) is 1. The van der Waals surface area contributed by atoms with Gasteiger partial charge >= 0.3 is 0 Å². The van der Waals surface area contributed by atoms with E-state index in [1.165, 1.54) is 4.68 Å². The van der Waals surface area contributed by atoms with Gasteiger partial charge in [0.15, 0.2) is 11.5 Å². The first-order chi connectivity index (χ1) is 15.9. The largest absolute Gasteiger partial charge is 0.486 e. The van der Waals surface area contributed by atoms with Gasteiger partial charge < -0.3 is 19.7 Å². The molecule has 2 amide bonds. The highest BCUT2D eigenvalue weighted by atomic mass is 16.6. The molecule has 9 nitrogen and oxygen atoms in total. The number of nitrogens with zero attached hydrogens (tertiary/aromatic N) is 3. The summed E-state index contributed by atoms with van der Waals surface area (Å²) in [5.41, 5.74) is 1.89. The number of carbonyl (C=O) groups is 2. The number of anilines is 2. The molecule has 2 aliphatic heterocycles. The Bertz CT molecular complexity index is 1290. The van der Waals surface area contributed by atoms with Crippen molar-refractivity contribution in [2.45, 2.75) is 13.3 Å². The van der Waals surface area contributed by atoms with Gasteiger partial charge in [0.1, 0.15) is 18.9 Å². The molecule has 2 aromatic carbocycles. The maximum absolute atomic E-state index is 13.1. The molecule has 0 unspecified atom stereocenters. The second-order valence-corrected chi connectivity index (χ2v) is 8.16. The van der Waals surface area contributed by atoms with Gasteiger partial charge in [-0.2, -0.15) is 0 Å². The third kappa shape index (κ3) is 3.65. The lowest BCUT2D eigenvalue weighted by Gasteiger charge is -2.22. The number of benzene rings is 2. The third-order valence-corrected chi connectivity index (χ3v) is 6.14. The summed E-state index contributed by atoms with van der Waals surface area (Å²) in [5.74, 6) is 0.142. The Kier molecular flexibility index (Phi) is 5.16. The minimum atomic E-state index is -0.574. The predicted octanol–water partition coefficient (Wildman–Crippen LogP) is 2.25. The van der Waals surface area contributed by atoms with Crippen molar-refractivity contribution in [3.63, 3.8) is 0 Å². The molecule has 3 aromatic rings. The van der Waals surface area contributed by atoms with E-state index in [0.717, 1.165) is 0 Å². The summed E-state index contributed by atoms with van der Waals surface area (Å²) in [5, 5.41) is 2.78. The smallest absolute Gasteiger partial charge is 0.295 e. The van der Waals surface area contributed by atoms with E-state index in [1.54, 1.807) is 41.8 Å². The molecule has 2 aliphatic rings. The normalized spacial score (nSPS) is 17.3. The maximum Gasteiger partial charge on any atom is 0.295 e. The lowest BCUT2D eigenvalue weighted by atomic mass is 10.1. The Morgan fingerprint density at radius 1 is 1.00 bits per heavy atom. The molecule has 1 saturated heterocycles. The molecule has 170 valence electrons. The summed E-state index contributed by atoms with van der Waals surface area (Å²) in [4.78, 5) is 40.4. The van der Waals surface area contributed by atoms with Gasteiger partial charge in [-0.25, -0.2) is 4.68 Å². The van der Waals surface area contributed by atoms with Crippen molar-refractivity contribution >= 4 is 23.2 Å². The van der Waals surface area contributed by atoms with Gasteiger partial charge in [-0.05, 0) is 31.2 Å². The minimum Gasteiger partial charge on any atom is -0.486 e. The van der Waals surface area contributed by atoms with Crippen LogP contribution in [0.1, 0.15) is 12.1 Å². The lowest BCUT2D eigenvalue weighted by molar-refractivity contribution is -0.122. The van der Waals surface area contributed by atoms with Gasteiger partial charge in [0, 0.05) is 31.8 Å². The fraction of sp³-hybridized carbons (Fsp3) is 0.292. The molecular weight excluding hydrogens is 424 g/mol. The highest BCUT2D eigenvalue weighted by molar-refractivity contribution is 6.03. The molecule has 3 heterocycles. The Balaban J connectivity index is 1.35. The Labute approximate surface area is 190 Å². The molecule has 0 spiro atoms. The van der Waals surface area contributed by atoms with Gasteiger partial charge in [0.25, 0.3) is 5.56 Å². The molecule has 1 aromatic heterocycles. The average Bonchev–Trinajstić information content (AvgIpc) is 3.32. The number of nitrogens with one attached hydrogen (secondary N) is 1. The molecule has 5 rings (SSSR count). The molecule has 0 saturated carbocycles. The van der Waals surface area contributed by atoms with Crippen LogP contribution in [-0.4, -0.2) is 40.9 Å². The monoisotopic (exact) mass is 448 g/mol. The zero-order valence-electron chi connectivity index (χ0n) is 18.4. The predicted molar refractivity (Wildman–Crippen MR) is 122 cm³/mol. The second kappa shape index (κ2) is 8.16. The molecular formula is C24H24N4O5. The van der Waals surface area contributed by atoms with Crippen LogP contribution in [0.2, 0.25) is 0 Å². The summed E-state index contributed by atoms with van der Waals surface area (Å²) in [7, 11) is 1.77. The minimum absolute atomic E-state index is 0.0685. The van der Waals surface area contributed by atoms with Crippen LogP contribution in [0, 0.1) is 12.8 Å². The van der Waals surface area contributed by atoms with Crippen molar-refractivity contribution in [2.24, 2.45) is 13.0 Å². The highest BCUT2D eigenvalue weighted by Crippen LogP contribution is 2.36. The van der Waals surface area contributed by atoms with Crippen molar-refractivity contribution in [3.05, 3.63) is 64.6 Å². The third-order valence-electron chi connectivity index (χ3n) is 6.14. The molecule has 1 fully saturated rings. The lowest BCUT2D eigenvalue weighted by Crippen LogP contribution is -2.30. The Hall–Kier alpha value is -4.01. The van der Waals surface area contributed by atoms with E-state index in [9.17, 15) is 14.4 Å². The first-order valence-electron chi connectivity index (χ1n) is 10.8. The first-order valence-corrected chi connectivity index (χ1v) is 10.8. The fourth-order valence-corrected chi connectivity index (χ4v) is 4.27. The summed E-state index contributed by atoms with van der Waals surface area (Å²) in [6.45, 7) is 2.94. The van der Waals surface area contributed by atoms with Crippen molar-refractivity contribution < 1.29 is 19.1 Å². The van der Waals surface area contributed by atoms with Gasteiger partial charge in [-0.15, -0.1) is 0 Å².